The molecule has 1 spiro atoms. The van der Waals surface area contributed by atoms with E-state index in [4.69, 9.17) is 10.5 Å². The monoisotopic (exact) mass is 500 g/mol. The Morgan fingerprint density at radius 2 is 1.91 bits per heavy atom. The first-order valence-corrected chi connectivity index (χ1v) is 11.5. The van der Waals surface area contributed by atoms with Gasteiger partial charge in [0.15, 0.2) is 0 Å². The van der Waals surface area contributed by atoms with Gasteiger partial charge in [-0.05, 0) is 62.5 Å². The van der Waals surface area contributed by atoms with Crippen LogP contribution in [-0.2, 0) is 21.6 Å². The number of ether oxygens (including phenoxy) is 1. The number of piperidine rings is 2. The number of rotatable bonds is 2. The fraction of sp³-hybridized carbons (Fsp3) is 0.545. The quantitative estimate of drug-likeness (QED) is 0.585. The van der Waals surface area contributed by atoms with Gasteiger partial charge in [0.1, 0.15) is 11.4 Å². The van der Waals surface area contributed by atoms with Crippen molar-refractivity contribution in [2.45, 2.75) is 43.3 Å². The summed E-state index contributed by atoms with van der Waals surface area (Å²) in [5.74, 6) is 0.400. The number of aromatic nitrogens is 1. The summed E-state index contributed by atoms with van der Waals surface area (Å²) in [4.78, 5) is 21.8. The molecular formula is C22H30Cl2N4O3S. The third-order valence-corrected chi connectivity index (χ3v) is 7.93. The van der Waals surface area contributed by atoms with Gasteiger partial charge in [-0.1, -0.05) is 6.07 Å². The topological polar surface area (TPSA) is 101 Å². The number of fused-ring (bicyclic) bond motifs is 2. The van der Waals surface area contributed by atoms with E-state index in [9.17, 15) is 9.90 Å². The van der Waals surface area contributed by atoms with E-state index in [2.05, 4.69) is 16.4 Å². The lowest BCUT2D eigenvalue weighted by molar-refractivity contribution is -0.161. The third kappa shape index (κ3) is 4.49. The van der Waals surface area contributed by atoms with E-state index in [1.807, 2.05) is 17.0 Å². The molecule has 0 saturated carbocycles. The van der Waals surface area contributed by atoms with E-state index in [0.717, 1.165) is 29.8 Å². The highest BCUT2D eigenvalue weighted by Gasteiger charge is 2.46. The largest absolute Gasteiger partial charge is 0.384 e. The molecule has 2 aromatic heterocycles. The summed E-state index contributed by atoms with van der Waals surface area (Å²) >= 11 is 1.77. The molecule has 0 atom stereocenters. The highest BCUT2D eigenvalue weighted by Crippen LogP contribution is 2.46. The summed E-state index contributed by atoms with van der Waals surface area (Å²) < 4.78 is 6.36. The van der Waals surface area contributed by atoms with Crippen LogP contribution in [-0.4, -0.2) is 59.3 Å². The van der Waals surface area contributed by atoms with Crippen molar-refractivity contribution < 1.29 is 14.6 Å². The molecule has 4 N–H and O–H groups in total. The molecule has 7 nitrogen and oxygen atoms in total. The summed E-state index contributed by atoms with van der Waals surface area (Å²) in [6.45, 7) is 3.27. The molecule has 5 heterocycles. The second-order valence-corrected chi connectivity index (χ2v) is 9.70. The lowest BCUT2D eigenvalue weighted by atomic mass is 9.81. The van der Waals surface area contributed by atoms with E-state index >= 15 is 0 Å². The Hall–Kier alpha value is -1.42. The molecular weight excluding hydrogens is 471 g/mol. The van der Waals surface area contributed by atoms with Gasteiger partial charge >= 0.3 is 0 Å². The fourth-order valence-electron chi connectivity index (χ4n) is 4.97. The van der Waals surface area contributed by atoms with Gasteiger partial charge in [0.25, 0.3) is 5.91 Å². The Labute approximate surface area is 204 Å². The van der Waals surface area contributed by atoms with Crippen molar-refractivity contribution >= 4 is 47.9 Å². The number of hydrogen-bond acceptors (Lipinski definition) is 7. The number of nitrogens with zero attached hydrogens (tertiary/aromatic N) is 2. The van der Waals surface area contributed by atoms with Gasteiger partial charge in [0, 0.05) is 24.4 Å². The average Bonchev–Trinajstić information content (AvgIpc) is 3.21. The summed E-state index contributed by atoms with van der Waals surface area (Å²) in [6, 6.07) is 7.92. The van der Waals surface area contributed by atoms with Crippen LogP contribution in [0.5, 0.6) is 0 Å². The van der Waals surface area contributed by atoms with Crippen molar-refractivity contribution in [2.24, 2.45) is 0 Å². The summed E-state index contributed by atoms with van der Waals surface area (Å²) in [6.07, 6.45) is 3.37. The molecule has 10 heteroatoms. The first kappa shape index (κ1) is 25.2. The zero-order chi connectivity index (χ0) is 20.8. The smallest absolute Gasteiger partial charge is 0.254 e. The number of amides is 1. The highest BCUT2D eigenvalue weighted by atomic mass is 35.5. The molecule has 3 aliphatic heterocycles. The van der Waals surface area contributed by atoms with Crippen LogP contribution in [0.2, 0.25) is 0 Å². The van der Waals surface area contributed by atoms with Crippen molar-refractivity contribution in [3.05, 3.63) is 34.7 Å². The van der Waals surface area contributed by atoms with Crippen LogP contribution in [0.1, 0.15) is 36.1 Å². The second kappa shape index (κ2) is 9.83. The van der Waals surface area contributed by atoms with Crippen LogP contribution < -0.4 is 11.1 Å². The fourth-order valence-corrected chi connectivity index (χ4v) is 6.17. The minimum absolute atomic E-state index is 0. The van der Waals surface area contributed by atoms with Gasteiger partial charge in [-0.25, -0.2) is 4.98 Å². The van der Waals surface area contributed by atoms with Crippen molar-refractivity contribution in [1.82, 2.24) is 15.2 Å². The Balaban J connectivity index is 0.00000144. The van der Waals surface area contributed by atoms with Crippen molar-refractivity contribution in [2.75, 3.05) is 38.5 Å². The molecule has 5 rings (SSSR count). The lowest BCUT2D eigenvalue weighted by Gasteiger charge is -2.46. The lowest BCUT2D eigenvalue weighted by Crippen LogP contribution is -2.57. The molecule has 0 aliphatic carbocycles. The number of carbonyl (C=O) groups excluding carboxylic acids is 1. The number of pyridine rings is 1. The molecule has 2 aromatic rings. The van der Waals surface area contributed by atoms with E-state index in [-0.39, 0.29) is 36.3 Å². The molecule has 0 bridgehead atoms. The second-order valence-electron chi connectivity index (χ2n) is 8.56. The Bertz CT molecular complexity index is 956. The molecule has 0 unspecified atom stereocenters. The Morgan fingerprint density at radius 3 is 2.59 bits per heavy atom. The normalized spacial score (nSPS) is 21.2. The third-order valence-electron chi connectivity index (χ3n) is 6.72. The SMILES string of the molecule is Cl.Cl.Nc1cccc(-c2cc3c(s2)CCOC32CCN(C(=O)C3(O)CCNCC3)CC2)n1. The molecule has 0 radical (unpaired) electrons. The number of nitrogens with two attached hydrogens (primary N) is 1. The van der Waals surface area contributed by atoms with Crippen molar-refractivity contribution in [1.29, 1.82) is 0 Å². The summed E-state index contributed by atoms with van der Waals surface area (Å²) in [5.41, 5.74) is 6.44. The van der Waals surface area contributed by atoms with E-state index < -0.39 is 5.60 Å². The van der Waals surface area contributed by atoms with Gasteiger partial charge in [0.05, 0.1) is 22.8 Å². The standard InChI is InChI=1S/C22H28N4O3S.2ClH/c23-19-3-1-2-16(25-19)18-14-15-17(30-18)4-13-29-22(15)7-11-26(12-8-22)20(27)21(28)5-9-24-10-6-21;;/h1-3,14,24,28H,4-13H2,(H2,23,25);2*1H. The van der Waals surface area contributed by atoms with Crippen molar-refractivity contribution in [3.63, 3.8) is 0 Å². The maximum atomic E-state index is 13.0. The van der Waals surface area contributed by atoms with Gasteiger partial charge in [-0.2, -0.15) is 0 Å². The molecule has 2 saturated heterocycles. The molecule has 32 heavy (non-hydrogen) atoms. The van der Waals surface area contributed by atoms with Crippen LogP contribution in [0.25, 0.3) is 10.6 Å². The summed E-state index contributed by atoms with van der Waals surface area (Å²) in [5, 5.41) is 14.0. The zero-order valence-electron chi connectivity index (χ0n) is 17.8. The Kier molecular flexibility index (Phi) is 7.74. The molecule has 0 aromatic carbocycles. The van der Waals surface area contributed by atoms with Gasteiger partial charge in [0.2, 0.25) is 0 Å². The van der Waals surface area contributed by atoms with Crippen LogP contribution in [0.15, 0.2) is 24.3 Å². The minimum atomic E-state index is -1.22. The number of anilines is 1. The van der Waals surface area contributed by atoms with E-state index in [1.165, 1.54) is 10.4 Å². The van der Waals surface area contributed by atoms with Crippen LogP contribution in [0, 0.1) is 0 Å². The number of halogens is 2. The number of nitrogen functional groups attached to an aromatic ring is 1. The maximum Gasteiger partial charge on any atom is 0.254 e. The van der Waals surface area contributed by atoms with Crippen LogP contribution in [0.4, 0.5) is 5.82 Å². The number of nitrogens with one attached hydrogen (secondary N) is 1. The van der Waals surface area contributed by atoms with E-state index in [1.54, 1.807) is 17.4 Å². The highest BCUT2D eigenvalue weighted by molar-refractivity contribution is 7.15. The first-order chi connectivity index (χ1) is 14.5. The molecule has 1 amide bonds. The average molecular weight is 501 g/mol. The minimum Gasteiger partial charge on any atom is -0.384 e. The predicted molar refractivity (Wildman–Crippen MR) is 131 cm³/mol. The maximum absolute atomic E-state index is 13.0. The van der Waals surface area contributed by atoms with Gasteiger partial charge in [-0.15, -0.1) is 36.2 Å². The molecule has 2 fully saturated rings. The van der Waals surface area contributed by atoms with E-state index in [0.29, 0.717) is 51.4 Å². The number of likely N-dealkylation sites (tertiary alicyclic amines) is 1. The summed E-state index contributed by atoms with van der Waals surface area (Å²) in [7, 11) is 0. The number of aliphatic hydroxyl groups is 1. The number of hydrogen-bond donors (Lipinski definition) is 3. The zero-order valence-corrected chi connectivity index (χ0v) is 20.3. The number of thiophene rings is 1. The van der Waals surface area contributed by atoms with Gasteiger partial charge in [-0.3, -0.25) is 4.79 Å². The molecule has 176 valence electrons. The molecule has 3 aliphatic rings. The predicted octanol–water partition coefficient (Wildman–Crippen LogP) is 2.74. The van der Waals surface area contributed by atoms with Crippen LogP contribution >= 0.6 is 36.2 Å². The first-order valence-electron chi connectivity index (χ1n) is 10.7. The van der Waals surface area contributed by atoms with Crippen LogP contribution in [0.3, 0.4) is 0 Å². The Morgan fingerprint density at radius 1 is 1.19 bits per heavy atom. The van der Waals surface area contributed by atoms with Gasteiger partial charge < -0.3 is 25.8 Å². The van der Waals surface area contributed by atoms with Crippen molar-refractivity contribution in [3.8, 4) is 10.6 Å². The number of carbonyl (C=O) groups is 1.